The summed E-state index contributed by atoms with van der Waals surface area (Å²) in [6.45, 7) is 1.04. The van der Waals surface area contributed by atoms with Gasteiger partial charge in [0.1, 0.15) is 0 Å². The first kappa shape index (κ1) is 7.03. The van der Waals surface area contributed by atoms with Gasteiger partial charge in [-0.3, -0.25) is 5.73 Å². The van der Waals surface area contributed by atoms with Crippen LogP contribution >= 0.6 is 0 Å². The second kappa shape index (κ2) is 1.87. The van der Waals surface area contributed by atoms with Crippen LogP contribution in [0.4, 0.5) is 0 Å². The fourth-order valence-corrected chi connectivity index (χ4v) is 0. The van der Waals surface area contributed by atoms with Crippen molar-refractivity contribution in [3.63, 3.8) is 0 Å². The van der Waals surface area contributed by atoms with Crippen molar-refractivity contribution in [3.8, 4) is 0 Å². The third-order valence-electron chi connectivity index (χ3n) is 0.354. The second-order valence-electron chi connectivity index (χ2n) is 1.30. The van der Waals surface area contributed by atoms with Gasteiger partial charge >= 0.3 is 0 Å². The van der Waals surface area contributed by atoms with Gasteiger partial charge in [0.2, 0.25) is 16.1 Å². The second-order valence-corrected chi connectivity index (χ2v) is 2.63. The van der Waals surface area contributed by atoms with Crippen molar-refractivity contribution in [2.45, 2.75) is 12.0 Å². The third kappa shape index (κ3) is 2.69. The Morgan fingerprint density at radius 2 is 2.00 bits per heavy atom. The van der Waals surface area contributed by atoms with Gasteiger partial charge in [-0.2, -0.15) is 0 Å². The molecular weight excluding hydrogens is 118 g/mol. The van der Waals surface area contributed by atoms with Crippen LogP contribution in [-0.4, -0.2) is 18.9 Å². The molecular formula is C2H7NO3S. The van der Waals surface area contributed by atoms with E-state index in [1.165, 1.54) is 0 Å². The van der Waals surface area contributed by atoms with Gasteiger partial charge in [0, 0.05) is 0 Å². The lowest BCUT2D eigenvalue weighted by Gasteiger charge is -2.09. The Morgan fingerprint density at radius 3 is 2.00 bits per heavy atom. The van der Waals surface area contributed by atoms with E-state index in [1.54, 1.807) is 0 Å². The first-order valence-corrected chi connectivity index (χ1v) is 2.67. The number of rotatable bonds is 1. The summed E-state index contributed by atoms with van der Waals surface area (Å²) in [5.41, 5.74) is 4.68. The minimum Gasteiger partial charge on any atom is -0.363 e. The van der Waals surface area contributed by atoms with Gasteiger partial charge in [-0.1, -0.05) is 0 Å². The summed E-state index contributed by atoms with van der Waals surface area (Å²) in [6.07, 6.45) is 0. The van der Waals surface area contributed by atoms with E-state index in [1.807, 2.05) is 0 Å². The van der Waals surface area contributed by atoms with Crippen LogP contribution in [-0.2, 0) is 11.1 Å². The minimum absolute atomic E-state index is 1.04. The Labute approximate surface area is 43.6 Å². The molecule has 0 bridgehead atoms. The van der Waals surface area contributed by atoms with Gasteiger partial charge in [0.25, 0.3) is 0 Å². The predicted octanol–water partition coefficient (Wildman–Crippen LogP) is -1.17. The zero-order valence-electron chi connectivity index (χ0n) is 3.79. The molecule has 0 aromatic carbocycles. The number of aliphatic hydroxyl groups is 1. The molecule has 0 saturated heterocycles. The lowest BCUT2D eigenvalue weighted by Crippen LogP contribution is -2.39. The molecule has 4 N–H and O–H groups in total. The molecule has 0 amide bonds. The maximum absolute atomic E-state index is 9.76. The molecule has 0 heterocycles. The number of nitrogens with two attached hydrogens (primary N) is 1. The summed E-state index contributed by atoms with van der Waals surface area (Å²) in [7, 11) is 0. The maximum Gasteiger partial charge on any atom is 0.214 e. The summed E-state index contributed by atoms with van der Waals surface area (Å²) in [5, 5.41) is 6.35. The molecule has 7 heavy (non-hydrogen) atoms. The molecule has 44 valence electrons. The first-order valence-electron chi connectivity index (χ1n) is 1.57. The van der Waals surface area contributed by atoms with E-state index in [-0.39, 0.29) is 0 Å². The summed E-state index contributed by atoms with van der Waals surface area (Å²) in [4.78, 5) is 0. The fourth-order valence-electron chi connectivity index (χ4n) is 0. The van der Waals surface area contributed by atoms with Crippen LogP contribution in [0.3, 0.4) is 0 Å². The molecule has 0 spiro atoms. The molecule has 0 aliphatic rings. The fraction of sp³-hybridized carbons (Fsp3) is 1.00. The molecule has 0 aliphatic carbocycles. The SMILES string of the molecule is CC(N)(O)S(=O)O. The molecule has 0 saturated carbocycles. The highest BCUT2D eigenvalue weighted by Gasteiger charge is 2.19. The van der Waals surface area contributed by atoms with E-state index < -0.39 is 16.1 Å². The standard InChI is InChI=1S/C2H7NO3S/c1-2(3,4)7(5)6/h4H,3H2,1H3,(H,5,6). The van der Waals surface area contributed by atoms with Crippen LogP contribution in [0, 0.1) is 0 Å². The Kier molecular flexibility index (Phi) is 1.88. The van der Waals surface area contributed by atoms with E-state index in [4.69, 9.17) is 9.66 Å². The average Bonchev–Trinajstić information content (AvgIpc) is 1.31. The smallest absolute Gasteiger partial charge is 0.214 e. The molecule has 0 aromatic heterocycles. The van der Waals surface area contributed by atoms with Crippen molar-refractivity contribution in [3.05, 3.63) is 0 Å². The summed E-state index contributed by atoms with van der Waals surface area (Å²) >= 11 is -2.35. The lowest BCUT2D eigenvalue weighted by molar-refractivity contribution is 0.150. The highest BCUT2D eigenvalue weighted by Crippen LogP contribution is 1.94. The molecule has 4 nitrogen and oxygen atoms in total. The molecule has 0 aromatic rings. The normalized spacial score (nSPS) is 23.4. The Bertz CT molecular complexity index is 85.4. The van der Waals surface area contributed by atoms with Crippen LogP contribution in [0.15, 0.2) is 0 Å². The largest absolute Gasteiger partial charge is 0.363 e. The summed E-state index contributed by atoms with van der Waals surface area (Å²) in [6, 6.07) is 0. The van der Waals surface area contributed by atoms with Gasteiger partial charge in [-0.15, -0.1) is 0 Å². The zero-order valence-corrected chi connectivity index (χ0v) is 4.60. The van der Waals surface area contributed by atoms with Crippen molar-refractivity contribution in [1.29, 1.82) is 0 Å². The topological polar surface area (TPSA) is 83.5 Å². The van der Waals surface area contributed by atoms with Crippen LogP contribution in [0.1, 0.15) is 6.92 Å². The molecule has 5 heteroatoms. The molecule has 2 atom stereocenters. The van der Waals surface area contributed by atoms with Crippen LogP contribution in [0.25, 0.3) is 0 Å². The summed E-state index contributed by atoms with van der Waals surface area (Å²) in [5.74, 6) is 0. The van der Waals surface area contributed by atoms with Crippen LogP contribution in [0.2, 0.25) is 0 Å². The maximum atomic E-state index is 9.76. The molecule has 0 fully saturated rings. The summed E-state index contributed by atoms with van der Waals surface area (Å²) < 4.78 is 17.7. The monoisotopic (exact) mass is 125 g/mol. The third-order valence-corrected chi connectivity index (χ3v) is 1.06. The van der Waals surface area contributed by atoms with Crippen LogP contribution in [0.5, 0.6) is 0 Å². The van der Waals surface area contributed by atoms with Crippen molar-refractivity contribution in [2.75, 3.05) is 0 Å². The predicted molar refractivity (Wildman–Crippen MR) is 25.6 cm³/mol. The van der Waals surface area contributed by atoms with Gasteiger partial charge in [-0.25, -0.2) is 4.21 Å². The van der Waals surface area contributed by atoms with Crippen molar-refractivity contribution in [2.24, 2.45) is 5.73 Å². The minimum atomic E-state index is -2.35. The van der Waals surface area contributed by atoms with E-state index in [9.17, 15) is 4.21 Å². The molecule has 0 rings (SSSR count). The highest BCUT2D eigenvalue weighted by molar-refractivity contribution is 7.80. The van der Waals surface area contributed by atoms with Crippen LogP contribution < -0.4 is 5.73 Å². The number of hydrogen-bond acceptors (Lipinski definition) is 3. The van der Waals surface area contributed by atoms with Gasteiger partial charge in [0.15, 0.2) is 0 Å². The highest BCUT2D eigenvalue weighted by atomic mass is 32.2. The van der Waals surface area contributed by atoms with Crippen molar-refractivity contribution in [1.82, 2.24) is 0 Å². The van der Waals surface area contributed by atoms with Gasteiger partial charge < -0.3 is 9.66 Å². The van der Waals surface area contributed by atoms with E-state index in [0.29, 0.717) is 0 Å². The van der Waals surface area contributed by atoms with Gasteiger partial charge in [0.05, 0.1) is 0 Å². The first-order chi connectivity index (χ1) is 2.94. The molecule has 2 unspecified atom stereocenters. The van der Waals surface area contributed by atoms with Crippen molar-refractivity contribution >= 4 is 11.1 Å². The Hall–Kier alpha value is 0.0300. The van der Waals surface area contributed by atoms with Gasteiger partial charge in [-0.05, 0) is 6.92 Å². The Morgan fingerprint density at radius 1 is 1.86 bits per heavy atom. The van der Waals surface area contributed by atoms with E-state index >= 15 is 0 Å². The lowest BCUT2D eigenvalue weighted by atomic mass is 10.7. The van der Waals surface area contributed by atoms with E-state index in [2.05, 4.69) is 5.73 Å². The van der Waals surface area contributed by atoms with Crippen molar-refractivity contribution < 1.29 is 13.9 Å². The quantitative estimate of drug-likeness (QED) is 0.304. The molecule has 0 radical (unpaired) electrons. The molecule has 0 aliphatic heterocycles. The average molecular weight is 125 g/mol. The Balaban J connectivity index is 3.79. The number of hydrogen-bond donors (Lipinski definition) is 3. The van der Waals surface area contributed by atoms with E-state index in [0.717, 1.165) is 6.92 Å². The zero-order chi connectivity index (χ0) is 6.08.